The van der Waals surface area contributed by atoms with Crippen molar-refractivity contribution < 1.29 is 27.8 Å². The van der Waals surface area contributed by atoms with E-state index in [4.69, 9.17) is 9.47 Å². The summed E-state index contributed by atoms with van der Waals surface area (Å²) in [6.45, 7) is 5.69. The Morgan fingerprint density at radius 1 is 0.949 bits per heavy atom. The Morgan fingerprint density at radius 3 is 2.15 bits per heavy atom. The number of esters is 1. The van der Waals surface area contributed by atoms with Gasteiger partial charge in [0.25, 0.3) is 0 Å². The second-order valence-electron chi connectivity index (χ2n) is 10.9. The number of carbonyl (C=O) groups excluding carboxylic acids is 2. The highest BCUT2D eigenvalue weighted by molar-refractivity contribution is 5.91. The number of nitrogens with zero attached hydrogens (tertiary/aromatic N) is 1. The van der Waals surface area contributed by atoms with Gasteiger partial charge in [0.1, 0.15) is 17.7 Å². The van der Waals surface area contributed by atoms with Gasteiger partial charge in [0, 0.05) is 25.3 Å². The van der Waals surface area contributed by atoms with E-state index < -0.39 is 40.7 Å². The maximum absolute atomic E-state index is 14.1. The van der Waals surface area contributed by atoms with Crippen molar-refractivity contribution in [3.8, 4) is 11.1 Å². The predicted octanol–water partition coefficient (Wildman–Crippen LogP) is 5.77. The zero-order chi connectivity index (χ0) is 28.4. The van der Waals surface area contributed by atoms with Crippen LogP contribution in [0.5, 0.6) is 0 Å². The van der Waals surface area contributed by atoms with Gasteiger partial charge >= 0.3 is 5.97 Å². The van der Waals surface area contributed by atoms with Crippen molar-refractivity contribution in [3.05, 3.63) is 90.0 Å². The van der Waals surface area contributed by atoms with Crippen LogP contribution in [-0.2, 0) is 24.7 Å². The zero-order valence-electron chi connectivity index (χ0n) is 22.8. The van der Waals surface area contributed by atoms with Crippen molar-refractivity contribution in [2.75, 3.05) is 26.1 Å². The summed E-state index contributed by atoms with van der Waals surface area (Å²) in [5.74, 6) is -2.93. The van der Waals surface area contributed by atoms with Gasteiger partial charge in [0.15, 0.2) is 11.6 Å². The minimum atomic E-state index is -1.02. The molecule has 1 heterocycles. The van der Waals surface area contributed by atoms with Crippen LogP contribution in [-0.4, -0.2) is 49.6 Å². The number of amides is 1. The number of hydrogen-bond donors (Lipinski definition) is 1. The summed E-state index contributed by atoms with van der Waals surface area (Å²) in [6, 6.07) is 19.5. The molecule has 1 fully saturated rings. The molecule has 8 heteroatoms. The minimum Gasteiger partial charge on any atom is -0.467 e. The van der Waals surface area contributed by atoms with Gasteiger partial charge in [-0.05, 0) is 34.2 Å². The Labute approximate surface area is 227 Å². The van der Waals surface area contributed by atoms with E-state index in [1.54, 1.807) is 7.11 Å². The van der Waals surface area contributed by atoms with Crippen LogP contribution in [0.2, 0.25) is 0 Å². The molecule has 0 bridgehead atoms. The molecule has 0 saturated carbocycles. The molecule has 206 valence electrons. The summed E-state index contributed by atoms with van der Waals surface area (Å²) in [5.41, 5.74) is 1.60. The molecule has 1 N–H and O–H groups in total. The smallest absolute Gasteiger partial charge is 0.328 e. The number of anilines is 1. The van der Waals surface area contributed by atoms with E-state index in [-0.39, 0.29) is 24.6 Å². The average molecular weight is 537 g/mol. The lowest BCUT2D eigenvalue weighted by molar-refractivity contribution is -0.151. The summed E-state index contributed by atoms with van der Waals surface area (Å²) in [4.78, 5) is 28.5. The van der Waals surface area contributed by atoms with Crippen LogP contribution in [0.25, 0.3) is 11.1 Å². The molecular formula is C31H34F2N2O4. The molecule has 39 heavy (non-hydrogen) atoms. The van der Waals surface area contributed by atoms with Crippen LogP contribution in [0, 0.1) is 17.0 Å². The maximum atomic E-state index is 14.1. The van der Waals surface area contributed by atoms with E-state index in [0.29, 0.717) is 0 Å². The van der Waals surface area contributed by atoms with Gasteiger partial charge in [-0.25, -0.2) is 13.6 Å². The standard InChI is InChI=1S/C31H34F2N2O4/c1-30(2,3)27(34-23-15-16-24(32)25(33)17-23)28(36)35-19-31(39-5,18-26(35)29(37)38-4)22-13-11-21(12-14-22)20-9-7-6-8-10-20/h6-17,26-27,34H,18-19H2,1-5H3/t26?,27-,31+/m1/s1. The lowest BCUT2D eigenvalue weighted by Gasteiger charge is -2.36. The third-order valence-electron chi connectivity index (χ3n) is 7.33. The number of carbonyl (C=O) groups is 2. The molecule has 0 aliphatic carbocycles. The van der Waals surface area contributed by atoms with Crippen LogP contribution in [0.3, 0.4) is 0 Å². The highest BCUT2D eigenvalue weighted by atomic mass is 19.2. The van der Waals surface area contributed by atoms with E-state index >= 15 is 0 Å². The van der Waals surface area contributed by atoms with E-state index in [1.165, 1.54) is 18.1 Å². The van der Waals surface area contributed by atoms with Crippen LogP contribution in [0.15, 0.2) is 72.8 Å². The van der Waals surface area contributed by atoms with Crippen LogP contribution in [0.4, 0.5) is 14.5 Å². The molecule has 4 rings (SSSR count). The first kappa shape index (κ1) is 28.2. The van der Waals surface area contributed by atoms with Gasteiger partial charge in [0.2, 0.25) is 5.91 Å². The Morgan fingerprint density at radius 2 is 1.59 bits per heavy atom. The maximum Gasteiger partial charge on any atom is 0.328 e. The Hall–Kier alpha value is -3.78. The van der Waals surface area contributed by atoms with Crippen molar-refractivity contribution in [1.29, 1.82) is 0 Å². The molecule has 0 spiro atoms. The number of hydrogen-bond acceptors (Lipinski definition) is 5. The van der Waals surface area contributed by atoms with Crippen molar-refractivity contribution in [2.45, 2.75) is 44.9 Å². The molecule has 0 radical (unpaired) electrons. The van der Waals surface area contributed by atoms with Gasteiger partial charge in [-0.3, -0.25) is 4.79 Å². The lowest BCUT2D eigenvalue weighted by Crippen LogP contribution is -2.53. The molecule has 6 nitrogen and oxygen atoms in total. The molecule has 1 saturated heterocycles. The summed E-state index contributed by atoms with van der Waals surface area (Å²) in [7, 11) is 2.85. The largest absolute Gasteiger partial charge is 0.467 e. The number of likely N-dealkylation sites (tertiary alicyclic amines) is 1. The average Bonchev–Trinajstić information content (AvgIpc) is 3.34. The fourth-order valence-electron chi connectivity index (χ4n) is 5.09. The number of halogens is 2. The first-order valence-corrected chi connectivity index (χ1v) is 12.8. The molecule has 3 aromatic carbocycles. The monoisotopic (exact) mass is 536 g/mol. The topological polar surface area (TPSA) is 67.9 Å². The first-order valence-electron chi connectivity index (χ1n) is 12.8. The third-order valence-corrected chi connectivity index (χ3v) is 7.33. The fraction of sp³-hybridized carbons (Fsp3) is 0.355. The number of methoxy groups -OCH3 is 2. The highest BCUT2D eigenvalue weighted by Crippen LogP contribution is 2.41. The van der Waals surface area contributed by atoms with Gasteiger partial charge in [-0.2, -0.15) is 0 Å². The third kappa shape index (κ3) is 5.81. The first-order chi connectivity index (χ1) is 18.5. The molecule has 3 aromatic rings. The number of rotatable bonds is 7. The van der Waals surface area contributed by atoms with E-state index in [1.807, 2.05) is 75.4 Å². The van der Waals surface area contributed by atoms with Crippen molar-refractivity contribution in [2.24, 2.45) is 5.41 Å². The molecule has 3 atom stereocenters. The zero-order valence-corrected chi connectivity index (χ0v) is 22.8. The minimum absolute atomic E-state index is 0.110. The predicted molar refractivity (Wildman–Crippen MR) is 146 cm³/mol. The molecule has 1 amide bonds. The summed E-state index contributed by atoms with van der Waals surface area (Å²) in [5, 5.41) is 3.06. The Kier molecular flexibility index (Phi) is 8.07. The summed E-state index contributed by atoms with van der Waals surface area (Å²) in [6.07, 6.45) is 0.203. The number of nitrogens with one attached hydrogen (secondary N) is 1. The molecule has 0 aromatic heterocycles. The normalized spacial score (nSPS) is 20.0. The number of benzene rings is 3. The van der Waals surface area contributed by atoms with Gasteiger partial charge < -0.3 is 19.7 Å². The number of ether oxygens (including phenoxy) is 2. The molecule has 1 aliphatic rings. The molecule has 1 unspecified atom stereocenters. The quantitative estimate of drug-likeness (QED) is 0.388. The van der Waals surface area contributed by atoms with Crippen LogP contribution < -0.4 is 5.32 Å². The molecular weight excluding hydrogens is 502 g/mol. The van der Waals surface area contributed by atoms with Crippen LogP contribution in [0.1, 0.15) is 32.8 Å². The Balaban J connectivity index is 1.67. The lowest BCUT2D eigenvalue weighted by atomic mass is 9.85. The van der Waals surface area contributed by atoms with E-state index in [2.05, 4.69) is 5.32 Å². The second kappa shape index (κ2) is 11.1. The summed E-state index contributed by atoms with van der Waals surface area (Å²) >= 11 is 0. The van der Waals surface area contributed by atoms with Crippen molar-refractivity contribution in [3.63, 3.8) is 0 Å². The second-order valence-corrected chi connectivity index (χ2v) is 10.9. The van der Waals surface area contributed by atoms with E-state index in [0.717, 1.165) is 28.8 Å². The van der Waals surface area contributed by atoms with Gasteiger partial charge in [0.05, 0.1) is 13.7 Å². The summed E-state index contributed by atoms with van der Waals surface area (Å²) < 4.78 is 38.6. The SMILES string of the molecule is COC(=O)C1C[C@@](OC)(c2ccc(-c3ccccc3)cc2)CN1C(=O)[C@@H](Nc1ccc(F)c(F)c1)C(C)(C)C. The fourth-order valence-corrected chi connectivity index (χ4v) is 5.09. The van der Waals surface area contributed by atoms with Gasteiger partial charge in [-0.15, -0.1) is 0 Å². The van der Waals surface area contributed by atoms with Crippen molar-refractivity contribution >= 4 is 17.6 Å². The van der Waals surface area contributed by atoms with Crippen LogP contribution >= 0.6 is 0 Å². The highest BCUT2D eigenvalue weighted by Gasteiger charge is 2.52. The van der Waals surface area contributed by atoms with Crippen molar-refractivity contribution in [1.82, 2.24) is 4.90 Å². The van der Waals surface area contributed by atoms with Gasteiger partial charge in [-0.1, -0.05) is 75.4 Å². The molecule has 1 aliphatic heterocycles. The Bertz CT molecular complexity index is 1320. The van der Waals surface area contributed by atoms with E-state index in [9.17, 15) is 18.4 Å².